The topological polar surface area (TPSA) is 108 Å². The molecule has 1 saturated carbocycles. The quantitative estimate of drug-likeness (QED) is 0.0459. The molecule has 0 aromatic rings. The van der Waals surface area contributed by atoms with E-state index in [4.69, 9.17) is 9.47 Å². The van der Waals surface area contributed by atoms with Crippen molar-refractivity contribution in [2.75, 3.05) is 59.1 Å². The number of unbranched alkanes of at least 4 members (excludes halogenated alkanes) is 21. The van der Waals surface area contributed by atoms with Crippen LogP contribution in [0.3, 0.4) is 0 Å². The molecule has 390 valence electrons. The molecule has 1 aliphatic carbocycles. The van der Waals surface area contributed by atoms with Gasteiger partial charge in [-0.15, -0.1) is 0 Å². The van der Waals surface area contributed by atoms with Crippen molar-refractivity contribution in [3.05, 3.63) is 0 Å². The molecule has 0 aromatic heterocycles. The van der Waals surface area contributed by atoms with Gasteiger partial charge in [0.15, 0.2) is 0 Å². The Kier molecular flexibility index (Phi) is 44.4. The zero-order valence-electron chi connectivity index (χ0n) is 44.3. The van der Waals surface area contributed by atoms with Crippen LogP contribution in [0.4, 0.5) is 0 Å². The summed E-state index contributed by atoms with van der Waals surface area (Å²) in [6.45, 7) is 15.5. The van der Waals surface area contributed by atoms with E-state index in [1.165, 1.54) is 154 Å². The van der Waals surface area contributed by atoms with E-state index >= 15 is 0 Å². The first-order valence-electron chi connectivity index (χ1n) is 29.0. The van der Waals surface area contributed by atoms with Crippen molar-refractivity contribution in [1.29, 1.82) is 0 Å². The molecule has 0 radical (unpaired) electrons. The minimum Gasteiger partial charge on any atom is -0.465 e. The fourth-order valence-electron chi connectivity index (χ4n) is 9.86. The van der Waals surface area contributed by atoms with Gasteiger partial charge in [0.2, 0.25) is 5.91 Å². The predicted molar refractivity (Wildman–Crippen MR) is 279 cm³/mol. The number of hydrogen-bond donors (Lipinski definition) is 2. The predicted octanol–water partition coefficient (Wildman–Crippen LogP) is 14.3. The second kappa shape index (κ2) is 47.0. The van der Waals surface area contributed by atoms with Crippen LogP contribution in [0.25, 0.3) is 0 Å². The van der Waals surface area contributed by atoms with E-state index < -0.39 is 0 Å². The average molecular weight is 935 g/mol. The van der Waals surface area contributed by atoms with Crippen molar-refractivity contribution >= 4 is 17.8 Å². The van der Waals surface area contributed by atoms with Gasteiger partial charge < -0.3 is 19.9 Å². The molecule has 1 aliphatic rings. The molecule has 0 spiro atoms. The highest BCUT2D eigenvalue weighted by molar-refractivity contribution is 5.75. The number of carbonyl (C=O) groups excluding carboxylic acids is 3. The number of aliphatic hydroxyl groups is 1. The lowest BCUT2D eigenvalue weighted by molar-refractivity contribution is -0.149. The average Bonchev–Trinajstić information content (AvgIpc) is 3.32. The lowest BCUT2D eigenvalue weighted by atomic mass is 9.94. The molecule has 0 aromatic carbocycles. The number of ether oxygens (including phenoxy) is 2. The van der Waals surface area contributed by atoms with E-state index in [0.29, 0.717) is 51.0 Å². The Balaban J connectivity index is 2.53. The van der Waals surface area contributed by atoms with Crippen LogP contribution in [0.2, 0.25) is 0 Å². The summed E-state index contributed by atoms with van der Waals surface area (Å²) in [5.74, 6) is 0.648. The smallest absolute Gasteiger partial charge is 0.305 e. The normalized spacial score (nSPS) is 13.8. The van der Waals surface area contributed by atoms with Crippen LogP contribution >= 0.6 is 0 Å². The Bertz CT molecular complexity index is 1060. The van der Waals surface area contributed by atoms with Crippen molar-refractivity contribution in [3.8, 4) is 0 Å². The Hall–Kier alpha value is -1.71. The Morgan fingerprint density at radius 3 is 1.47 bits per heavy atom. The first-order chi connectivity index (χ1) is 32.4. The molecular formula is C57H111N3O6. The van der Waals surface area contributed by atoms with E-state index in [2.05, 4.69) is 42.8 Å². The summed E-state index contributed by atoms with van der Waals surface area (Å²) in [5, 5.41) is 13.3. The molecule has 9 nitrogen and oxygen atoms in total. The van der Waals surface area contributed by atoms with E-state index in [1.807, 2.05) is 0 Å². The second-order valence-corrected chi connectivity index (χ2v) is 20.5. The number of carbonyl (C=O) groups is 3. The van der Waals surface area contributed by atoms with Gasteiger partial charge in [0.1, 0.15) is 0 Å². The van der Waals surface area contributed by atoms with Gasteiger partial charge in [-0.3, -0.25) is 24.2 Å². The van der Waals surface area contributed by atoms with Gasteiger partial charge >= 0.3 is 11.9 Å². The maximum Gasteiger partial charge on any atom is 0.305 e. The van der Waals surface area contributed by atoms with Crippen LogP contribution in [-0.4, -0.2) is 97.9 Å². The summed E-state index contributed by atoms with van der Waals surface area (Å²) in [5.41, 5.74) is 0. The third-order valence-corrected chi connectivity index (χ3v) is 14.3. The van der Waals surface area contributed by atoms with Gasteiger partial charge in [-0.25, -0.2) is 0 Å². The van der Waals surface area contributed by atoms with Crippen molar-refractivity contribution in [3.63, 3.8) is 0 Å². The van der Waals surface area contributed by atoms with Gasteiger partial charge in [0, 0.05) is 57.4 Å². The zero-order chi connectivity index (χ0) is 48.0. The van der Waals surface area contributed by atoms with E-state index in [1.54, 1.807) is 0 Å². The number of nitrogens with one attached hydrogen (secondary N) is 1. The molecule has 1 unspecified atom stereocenters. The molecule has 66 heavy (non-hydrogen) atoms. The van der Waals surface area contributed by atoms with Crippen molar-refractivity contribution in [2.24, 2.45) is 11.8 Å². The molecule has 0 aliphatic heterocycles. The van der Waals surface area contributed by atoms with Crippen LogP contribution in [-0.2, 0) is 23.9 Å². The largest absolute Gasteiger partial charge is 0.465 e. The van der Waals surface area contributed by atoms with Crippen molar-refractivity contribution in [1.82, 2.24) is 15.1 Å². The van der Waals surface area contributed by atoms with Gasteiger partial charge in [0.25, 0.3) is 0 Å². The van der Waals surface area contributed by atoms with Gasteiger partial charge in [-0.2, -0.15) is 0 Å². The Morgan fingerprint density at radius 2 is 0.924 bits per heavy atom. The fraction of sp³-hybridized carbons (Fsp3) is 0.947. The third kappa shape index (κ3) is 38.2. The summed E-state index contributed by atoms with van der Waals surface area (Å²) in [4.78, 5) is 43.2. The maximum atomic E-state index is 12.9. The summed E-state index contributed by atoms with van der Waals surface area (Å²) in [7, 11) is 0. The van der Waals surface area contributed by atoms with E-state index in [9.17, 15) is 19.5 Å². The summed E-state index contributed by atoms with van der Waals surface area (Å²) in [6.07, 6.45) is 43.3. The Labute approximate surface area is 409 Å². The standard InChI is InChI=1S/C57H111N3O6/c1-5-9-13-17-20-26-36-52(35-25-16-12-8-4)49-58-55(62)40-30-24-33-43-59(47-48-61)45-46-60(54-38-28-23-29-39-54)44-34-22-21-27-37-53(50-65-56(63)41-31-18-14-10-6-2)51-66-57(64)42-32-19-15-11-7-3/h52-54,61H,5-51H2,1-4H3,(H,58,62). The SMILES string of the molecule is CCCCCCCCC(CCCCCC)CNC(=O)CCCCCN(CCO)CCN(CCCCCCC(COC(=O)CCCCCCC)COC(=O)CCCCCCC)C1CCCCC1. The molecule has 9 heteroatoms. The first kappa shape index (κ1) is 62.3. The number of esters is 2. The minimum atomic E-state index is -0.121. The van der Waals surface area contributed by atoms with Crippen LogP contribution < -0.4 is 5.32 Å². The molecule has 2 N–H and O–H groups in total. The molecule has 1 atom stereocenters. The molecule has 0 heterocycles. The molecule has 1 amide bonds. The van der Waals surface area contributed by atoms with Crippen molar-refractivity contribution < 1.29 is 29.0 Å². The van der Waals surface area contributed by atoms with E-state index in [-0.39, 0.29) is 30.4 Å². The number of rotatable bonds is 49. The first-order valence-corrected chi connectivity index (χ1v) is 29.0. The monoisotopic (exact) mass is 934 g/mol. The summed E-state index contributed by atoms with van der Waals surface area (Å²) < 4.78 is 11.5. The van der Waals surface area contributed by atoms with Crippen LogP contribution in [0, 0.1) is 11.8 Å². The highest BCUT2D eigenvalue weighted by atomic mass is 16.5. The lowest BCUT2D eigenvalue weighted by Gasteiger charge is -2.36. The highest BCUT2D eigenvalue weighted by Gasteiger charge is 2.22. The number of hydrogen-bond acceptors (Lipinski definition) is 8. The van der Waals surface area contributed by atoms with E-state index in [0.717, 1.165) is 103 Å². The number of aliphatic hydroxyl groups excluding tert-OH is 1. The zero-order valence-corrected chi connectivity index (χ0v) is 44.3. The maximum absolute atomic E-state index is 12.9. The third-order valence-electron chi connectivity index (χ3n) is 14.3. The summed E-state index contributed by atoms with van der Waals surface area (Å²) in [6, 6.07) is 0.655. The van der Waals surface area contributed by atoms with Gasteiger partial charge in [0.05, 0.1) is 19.8 Å². The number of nitrogens with zero attached hydrogens (tertiary/aromatic N) is 2. The molecule has 0 bridgehead atoms. The van der Waals surface area contributed by atoms with Crippen LogP contribution in [0.5, 0.6) is 0 Å². The number of amides is 1. The van der Waals surface area contributed by atoms with Crippen molar-refractivity contribution in [2.45, 2.75) is 278 Å². The molecule has 0 saturated heterocycles. The highest BCUT2D eigenvalue weighted by Crippen LogP contribution is 2.24. The second-order valence-electron chi connectivity index (χ2n) is 20.5. The fourth-order valence-corrected chi connectivity index (χ4v) is 9.86. The molecular weight excluding hydrogens is 823 g/mol. The lowest BCUT2D eigenvalue weighted by Crippen LogP contribution is -2.43. The molecule has 1 rings (SSSR count). The Morgan fingerprint density at radius 1 is 0.485 bits per heavy atom. The van der Waals surface area contributed by atoms with Crippen LogP contribution in [0.15, 0.2) is 0 Å². The molecule has 1 fully saturated rings. The van der Waals surface area contributed by atoms with Crippen LogP contribution in [0.1, 0.15) is 272 Å². The minimum absolute atomic E-state index is 0.0497. The van der Waals surface area contributed by atoms with Gasteiger partial charge in [-0.1, -0.05) is 188 Å². The van der Waals surface area contributed by atoms with Gasteiger partial charge in [-0.05, 0) is 83.2 Å². The summed E-state index contributed by atoms with van der Waals surface area (Å²) >= 11 is 0.